The van der Waals surface area contributed by atoms with Gasteiger partial charge in [-0.1, -0.05) is 6.42 Å². The number of nitrogens with one attached hydrogen (secondary N) is 1. The molecule has 0 radical (unpaired) electrons. The maximum atomic E-state index is 6.08. The molecule has 2 rings (SSSR count). The zero-order valence-corrected chi connectivity index (χ0v) is 6.96. The molecule has 1 unspecified atom stereocenters. The first-order chi connectivity index (χ1) is 5.73. The predicted octanol–water partition coefficient (Wildman–Crippen LogP) is -0.127. The highest BCUT2D eigenvalue weighted by Gasteiger charge is 2.41. The van der Waals surface area contributed by atoms with Gasteiger partial charge in [-0.2, -0.15) is 0 Å². The fourth-order valence-electron chi connectivity index (χ4n) is 1.65. The van der Waals surface area contributed by atoms with Gasteiger partial charge in [-0.25, -0.2) is 4.99 Å². The normalized spacial score (nSPS) is 35.2. The van der Waals surface area contributed by atoms with E-state index in [0.29, 0.717) is 11.6 Å². The average Bonchev–Trinajstić information content (AvgIpc) is 1.92. The third-order valence-corrected chi connectivity index (χ3v) is 2.78. The fourth-order valence-corrected chi connectivity index (χ4v) is 1.65. The Morgan fingerprint density at radius 3 is 2.83 bits per heavy atom. The largest absolute Gasteiger partial charge is 0.398 e. The lowest BCUT2D eigenvalue weighted by Crippen LogP contribution is -2.54. The zero-order valence-electron chi connectivity index (χ0n) is 6.96. The van der Waals surface area contributed by atoms with Gasteiger partial charge in [-0.3, -0.25) is 0 Å². The number of nitrogens with zero attached hydrogens (tertiary/aromatic N) is 1. The monoisotopic (exact) mass is 166 g/mol. The lowest BCUT2D eigenvalue weighted by molar-refractivity contribution is 0.200. The van der Waals surface area contributed by atoms with E-state index in [1.807, 2.05) is 0 Å². The molecular weight excluding hydrogens is 152 g/mol. The van der Waals surface area contributed by atoms with Crippen molar-refractivity contribution in [2.75, 3.05) is 0 Å². The molecule has 0 aromatic heterocycles. The summed E-state index contributed by atoms with van der Waals surface area (Å²) < 4.78 is 0. The van der Waals surface area contributed by atoms with Gasteiger partial charge in [0.15, 0.2) is 5.66 Å². The maximum Gasteiger partial charge on any atom is 0.154 e. The molecule has 12 heavy (non-hydrogen) atoms. The van der Waals surface area contributed by atoms with Gasteiger partial charge in [0.2, 0.25) is 0 Å². The molecule has 0 amide bonds. The number of rotatable bonds is 1. The van der Waals surface area contributed by atoms with Crippen LogP contribution in [-0.2, 0) is 0 Å². The molecule has 4 nitrogen and oxygen atoms in total. The van der Waals surface area contributed by atoms with E-state index in [1.54, 1.807) is 12.5 Å². The molecule has 1 saturated carbocycles. The van der Waals surface area contributed by atoms with Crippen LogP contribution in [0.5, 0.6) is 0 Å². The van der Waals surface area contributed by atoms with Gasteiger partial charge in [0.25, 0.3) is 0 Å². The van der Waals surface area contributed by atoms with Crippen molar-refractivity contribution in [3.05, 3.63) is 11.9 Å². The van der Waals surface area contributed by atoms with Crippen molar-refractivity contribution >= 4 is 6.34 Å². The van der Waals surface area contributed by atoms with Gasteiger partial charge < -0.3 is 16.8 Å². The van der Waals surface area contributed by atoms with Gasteiger partial charge in [0, 0.05) is 12.1 Å². The Labute approximate surface area is 71.7 Å². The van der Waals surface area contributed by atoms with Gasteiger partial charge in [-0.15, -0.1) is 0 Å². The Hall–Kier alpha value is -1.03. The summed E-state index contributed by atoms with van der Waals surface area (Å²) in [5.41, 5.74) is 11.9. The Morgan fingerprint density at radius 1 is 1.58 bits per heavy atom. The Balaban J connectivity index is 2.21. The van der Waals surface area contributed by atoms with Crippen molar-refractivity contribution in [2.45, 2.75) is 24.9 Å². The summed E-state index contributed by atoms with van der Waals surface area (Å²) in [7, 11) is 0. The number of hydrogen-bond acceptors (Lipinski definition) is 4. The second-order valence-corrected chi connectivity index (χ2v) is 3.48. The van der Waals surface area contributed by atoms with Crippen LogP contribution in [-0.4, -0.2) is 12.0 Å². The first-order valence-electron chi connectivity index (χ1n) is 4.28. The van der Waals surface area contributed by atoms with Crippen LogP contribution >= 0.6 is 0 Å². The van der Waals surface area contributed by atoms with E-state index < -0.39 is 5.66 Å². The van der Waals surface area contributed by atoms with Gasteiger partial charge >= 0.3 is 0 Å². The lowest BCUT2D eigenvalue weighted by Gasteiger charge is -2.40. The first-order valence-corrected chi connectivity index (χ1v) is 4.28. The molecule has 66 valence electrons. The number of aliphatic imine (C=N–C) groups is 1. The number of nitrogens with two attached hydrogens (primary N) is 2. The van der Waals surface area contributed by atoms with E-state index in [-0.39, 0.29) is 0 Å². The molecule has 1 aliphatic heterocycles. The highest BCUT2D eigenvalue weighted by molar-refractivity contribution is 5.60. The molecule has 0 saturated heterocycles. The van der Waals surface area contributed by atoms with Crippen LogP contribution in [0.1, 0.15) is 19.3 Å². The van der Waals surface area contributed by atoms with Crippen LogP contribution in [0.15, 0.2) is 16.9 Å². The van der Waals surface area contributed by atoms with E-state index in [9.17, 15) is 0 Å². The quantitative estimate of drug-likeness (QED) is 0.508. The standard InChI is InChI=1S/C8H14N4/c9-7-4-11-5-12-8(7,10)6-2-1-3-6/h4-6H,1-3,9-10H2,(H,11,12). The predicted molar refractivity (Wildman–Crippen MR) is 48.2 cm³/mol. The van der Waals surface area contributed by atoms with Crippen LogP contribution < -0.4 is 16.8 Å². The van der Waals surface area contributed by atoms with Crippen LogP contribution in [0.3, 0.4) is 0 Å². The topological polar surface area (TPSA) is 76.4 Å². The highest BCUT2D eigenvalue weighted by atomic mass is 15.1. The van der Waals surface area contributed by atoms with E-state index in [2.05, 4.69) is 10.3 Å². The van der Waals surface area contributed by atoms with E-state index in [1.165, 1.54) is 6.42 Å². The van der Waals surface area contributed by atoms with Crippen LogP contribution in [0.4, 0.5) is 0 Å². The van der Waals surface area contributed by atoms with Crippen LogP contribution in [0, 0.1) is 5.92 Å². The first kappa shape index (κ1) is 7.61. The maximum absolute atomic E-state index is 6.08. The lowest BCUT2D eigenvalue weighted by atomic mass is 9.75. The Bertz CT molecular complexity index is 241. The van der Waals surface area contributed by atoms with Crippen molar-refractivity contribution in [3.8, 4) is 0 Å². The third kappa shape index (κ3) is 0.914. The minimum Gasteiger partial charge on any atom is -0.398 e. The molecule has 0 aromatic carbocycles. The van der Waals surface area contributed by atoms with Crippen molar-refractivity contribution in [1.29, 1.82) is 0 Å². The summed E-state index contributed by atoms with van der Waals surface area (Å²) in [5.74, 6) is 0.437. The molecule has 0 spiro atoms. The molecule has 0 bridgehead atoms. The average molecular weight is 166 g/mol. The van der Waals surface area contributed by atoms with E-state index in [0.717, 1.165) is 12.8 Å². The van der Waals surface area contributed by atoms with Crippen molar-refractivity contribution in [2.24, 2.45) is 22.4 Å². The minimum absolute atomic E-state index is 0.437. The Morgan fingerprint density at radius 2 is 2.33 bits per heavy atom. The molecule has 4 heteroatoms. The van der Waals surface area contributed by atoms with Gasteiger partial charge in [0.1, 0.15) is 0 Å². The third-order valence-electron chi connectivity index (χ3n) is 2.78. The second kappa shape index (κ2) is 2.48. The zero-order chi connectivity index (χ0) is 8.60. The molecule has 1 heterocycles. The summed E-state index contributed by atoms with van der Waals surface area (Å²) in [4.78, 5) is 4.21. The number of hydrogen-bond donors (Lipinski definition) is 3. The smallest absolute Gasteiger partial charge is 0.154 e. The molecule has 1 fully saturated rings. The minimum atomic E-state index is -0.622. The molecule has 1 aliphatic carbocycles. The van der Waals surface area contributed by atoms with Crippen LogP contribution in [0.25, 0.3) is 0 Å². The summed E-state index contributed by atoms with van der Waals surface area (Å²) in [5, 5.41) is 2.83. The van der Waals surface area contributed by atoms with E-state index >= 15 is 0 Å². The van der Waals surface area contributed by atoms with Crippen molar-refractivity contribution in [3.63, 3.8) is 0 Å². The SMILES string of the molecule is NC1=CNC=NC1(N)C1CCC1. The highest BCUT2D eigenvalue weighted by Crippen LogP contribution is 2.38. The van der Waals surface area contributed by atoms with Crippen LogP contribution in [0.2, 0.25) is 0 Å². The van der Waals surface area contributed by atoms with E-state index in [4.69, 9.17) is 11.5 Å². The summed E-state index contributed by atoms with van der Waals surface area (Å²) in [6, 6.07) is 0. The van der Waals surface area contributed by atoms with Crippen molar-refractivity contribution in [1.82, 2.24) is 5.32 Å². The van der Waals surface area contributed by atoms with Gasteiger partial charge in [0.05, 0.1) is 12.0 Å². The Kier molecular flexibility index (Phi) is 1.58. The van der Waals surface area contributed by atoms with Crippen molar-refractivity contribution < 1.29 is 0 Å². The molecule has 2 aliphatic rings. The molecular formula is C8H14N4. The second-order valence-electron chi connectivity index (χ2n) is 3.48. The van der Waals surface area contributed by atoms with Gasteiger partial charge in [-0.05, 0) is 12.8 Å². The molecule has 0 aromatic rings. The summed E-state index contributed by atoms with van der Waals surface area (Å²) in [6.45, 7) is 0. The molecule has 1 atom stereocenters. The molecule has 5 N–H and O–H groups in total. The fraction of sp³-hybridized carbons (Fsp3) is 0.625. The summed E-state index contributed by atoms with van der Waals surface area (Å²) in [6.07, 6.45) is 6.88. The summed E-state index contributed by atoms with van der Waals surface area (Å²) >= 11 is 0.